The third-order valence-electron chi connectivity index (χ3n) is 3.48. The quantitative estimate of drug-likeness (QED) is 0.501. The SMILES string of the molecule is C#CCN1c2nccnc2C(O)=C(c2ccccc2[N+](=O)[O-])S1(=O)=O. The number of nitro groups is 1. The third kappa shape index (κ3) is 2.47. The van der Waals surface area contributed by atoms with Crippen LogP contribution in [0.25, 0.3) is 10.7 Å². The molecule has 0 saturated carbocycles. The molecular formula is C15H10N4O5S. The van der Waals surface area contributed by atoms with Gasteiger partial charge in [-0.2, -0.15) is 0 Å². The first kappa shape index (κ1) is 16.4. The average Bonchev–Trinajstić information content (AvgIpc) is 2.59. The van der Waals surface area contributed by atoms with Crippen LogP contribution in [0, 0.1) is 22.5 Å². The van der Waals surface area contributed by atoms with Crippen molar-refractivity contribution in [3.8, 4) is 12.3 Å². The first-order valence-corrected chi connectivity index (χ1v) is 8.28. The first-order valence-electron chi connectivity index (χ1n) is 6.84. The molecule has 0 aliphatic carbocycles. The summed E-state index contributed by atoms with van der Waals surface area (Å²) in [5.74, 6) is 1.34. The van der Waals surface area contributed by atoms with E-state index in [1.54, 1.807) is 0 Å². The number of anilines is 1. The summed E-state index contributed by atoms with van der Waals surface area (Å²) in [5, 5.41) is 21.8. The van der Waals surface area contributed by atoms with Gasteiger partial charge in [0, 0.05) is 18.5 Å². The van der Waals surface area contributed by atoms with Gasteiger partial charge in [-0.1, -0.05) is 18.1 Å². The highest BCUT2D eigenvalue weighted by atomic mass is 32.2. The molecule has 0 spiro atoms. The van der Waals surface area contributed by atoms with Gasteiger partial charge in [-0.3, -0.25) is 10.1 Å². The number of sulfonamides is 1. The molecule has 1 aromatic heterocycles. The van der Waals surface area contributed by atoms with E-state index in [1.165, 1.54) is 30.6 Å². The van der Waals surface area contributed by atoms with E-state index in [4.69, 9.17) is 6.42 Å². The Balaban J connectivity index is 2.40. The van der Waals surface area contributed by atoms with Crippen molar-refractivity contribution in [2.45, 2.75) is 0 Å². The number of para-hydroxylation sites is 1. The number of hydrogen-bond acceptors (Lipinski definition) is 7. The lowest BCUT2D eigenvalue weighted by molar-refractivity contribution is -0.385. The molecule has 10 heteroatoms. The Morgan fingerprint density at radius 3 is 2.64 bits per heavy atom. The summed E-state index contributed by atoms with van der Waals surface area (Å²) in [5.41, 5.74) is -0.857. The highest BCUT2D eigenvalue weighted by molar-refractivity contribution is 8.02. The van der Waals surface area contributed by atoms with Gasteiger partial charge in [0.05, 0.1) is 17.0 Å². The maximum absolute atomic E-state index is 13.0. The van der Waals surface area contributed by atoms with Crippen LogP contribution in [0.15, 0.2) is 36.7 Å². The van der Waals surface area contributed by atoms with E-state index in [0.29, 0.717) is 0 Å². The first-order chi connectivity index (χ1) is 11.9. The van der Waals surface area contributed by atoms with Gasteiger partial charge < -0.3 is 5.11 Å². The molecule has 0 unspecified atom stereocenters. The fourth-order valence-corrected chi connectivity index (χ4v) is 4.09. The highest BCUT2D eigenvalue weighted by Crippen LogP contribution is 2.42. The highest BCUT2D eigenvalue weighted by Gasteiger charge is 2.42. The Morgan fingerprint density at radius 1 is 1.28 bits per heavy atom. The van der Waals surface area contributed by atoms with Crippen molar-refractivity contribution in [2.24, 2.45) is 0 Å². The number of benzene rings is 1. The van der Waals surface area contributed by atoms with Gasteiger partial charge in [0.15, 0.2) is 11.6 Å². The molecule has 2 heterocycles. The summed E-state index contributed by atoms with van der Waals surface area (Å²) < 4.78 is 26.7. The normalized spacial score (nSPS) is 15.4. The van der Waals surface area contributed by atoms with Crippen LogP contribution in [0.4, 0.5) is 11.5 Å². The minimum absolute atomic E-state index is 0.124. The van der Waals surface area contributed by atoms with Crippen LogP contribution in [-0.2, 0) is 10.0 Å². The van der Waals surface area contributed by atoms with Gasteiger partial charge in [-0.15, -0.1) is 6.42 Å². The molecule has 1 N–H and O–H groups in total. The van der Waals surface area contributed by atoms with Gasteiger partial charge in [0.25, 0.3) is 15.7 Å². The van der Waals surface area contributed by atoms with Crippen LogP contribution in [-0.4, -0.2) is 35.0 Å². The standard InChI is InChI=1S/C15H10N4O5S/c1-2-9-18-15-12(16-7-8-17-15)13(20)14(25(18,23)24)10-5-3-4-6-11(10)19(21)22/h1,3-8,20H,9H2. The molecule has 0 radical (unpaired) electrons. The number of aliphatic hydroxyl groups excluding tert-OH is 1. The summed E-state index contributed by atoms with van der Waals surface area (Å²) in [6.45, 7) is -0.370. The van der Waals surface area contributed by atoms with Crippen LogP contribution < -0.4 is 4.31 Å². The molecule has 0 bridgehead atoms. The Hall–Kier alpha value is -3.45. The predicted molar refractivity (Wildman–Crippen MR) is 89.7 cm³/mol. The van der Waals surface area contributed by atoms with E-state index in [0.717, 1.165) is 10.4 Å². The van der Waals surface area contributed by atoms with Crippen LogP contribution >= 0.6 is 0 Å². The van der Waals surface area contributed by atoms with E-state index in [1.807, 2.05) is 0 Å². The Labute approximate surface area is 142 Å². The molecule has 126 valence electrons. The predicted octanol–water partition coefficient (Wildman–Crippen LogP) is 1.55. The molecule has 1 aliphatic rings. The second-order valence-corrected chi connectivity index (χ2v) is 6.70. The van der Waals surface area contributed by atoms with Crippen molar-refractivity contribution in [1.82, 2.24) is 9.97 Å². The summed E-state index contributed by atoms with van der Waals surface area (Å²) in [4.78, 5) is 17.7. The van der Waals surface area contributed by atoms with E-state index < -0.39 is 31.3 Å². The fraction of sp³-hybridized carbons (Fsp3) is 0.0667. The molecule has 0 fully saturated rings. The number of nitrogens with zero attached hydrogens (tertiary/aromatic N) is 4. The average molecular weight is 358 g/mol. The van der Waals surface area contributed by atoms with E-state index in [-0.39, 0.29) is 23.6 Å². The monoisotopic (exact) mass is 358 g/mol. The van der Waals surface area contributed by atoms with Gasteiger partial charge in [0.1, 0.15) is 10.6 Å². The summed E-state index contributed by atoms with van der Waals surface area (Å²) >= 11 is 0. The number of aromatic nitrogens is 2. The van der Waals surface area contributed by atoms with Crippen LogP contribution in [0.3, 0.4) is 0 Å². The summed E-state index contributed by atoms with van der Waals surface area (Å²) in [7, 11) is -4.38. The van der Waals surface area contributed by atoms with Crippen LogP contribution in [0.5, 0.6) is 0 Å². The largest absolute Gasteiger partial charge is 0.504 e. The second kappa shape index (κ2) is 5.88. The lowest BCUT2D eigenvalue weighted by atomic mass is 10.1. The van der Waals surface area contributed by atoms with E-state index >= 15 is 0 Å². The van der Waals surface area contributed by atoms with Gasteiger partial charge in [0.2, 0.25) is 0 Å². The van der Waals surface area contributed by atoms with Crippen LogP contribution in [0.2, 0.25) is 0 Å². The minimum atomic E-state index is -4.38. The lowest BCUT2D eigenvalue weighted by Gasteiger charge is -2.28. The maximum atomic E-state index is 13.0. The molecular weight excluding hydrogens is 348 g/mol. The molecule has 25 heavy (non-hydrogen) atoms. The number of hydrogen-bond donors (Lipinski definition) is 1. The molecule has 2 aromatic rings. The van der Waals surface area contributed by atoms with Gasteiger partial charge in [-0.25, -0.2) is 22.7 Å². The third-order valence-corrected chi connectivity index (χ3v) is 5.29. The zero-order valence-electron chi connectivity index (χ0n) is 12.5. The Morgan fingerprint density at radius 2 is 1.96 bits per heavy atom. The van der Waals surface area contributed by atoms with Crippen molar-refractivity contribution >= 4 is 32.2 Å². The van der Waals surface area contributed by atoms with E-state index in [2.05, 4.69) is 15.9 Å². The van der Waals surface area contributed by atoms with E-state index in [9.17, 15) is 23.6 Å². The zero-order chi connectivity index (χ0) is 18.2. The smallest absolute Gasteiger partial charge is 0.278 e. The molecule has 1 aromatic carbocycles. The van der Waals surface area contributed by atoms with Crippen molar-refractivity contribution in [3.05, 3.63) is 58.0 Å². The Bertz CT molecular complexity index is 1060. The molecule has 1 aliphatic heterocycles. The number of fused-ring (bicyclic) bond motifs is 1. The van der Waals surface area contributed by atoms with Crippen molar-refractivity contribution < 1.29 is 18.4 Å². The second-order valence-electron chi connectivity index (χ2n) is 4.90. The maximum Gasteiger partial charge on any atom is 0.278 e. The zero-order valence-corrected chi connectivity index (χ0v) is 13.3. The van der Waals surface area contributed by atoms with Crippen molar-refractivity contribution in [1.29, 1.82) is 0 Å². The molecule has 9 nitrogen and oxygen atoms in total. The summed E-state index contributed by atoms with van der Waals surface area (Å²) in [6, 6.07) is 5.19. The van der Waals surface area contributed by atoms with Crippen LogP contribution in [0.1, 0.15) is 11.3 Å². The topological polar surface area (TPSA) is 127 Å². The number of nitro benzene ring substituents is 1. The number of terminal acetylenes is 1. The molecule has 3 rings (SSSR count). The molecule has 0 atom stereocenters. The van der Waals surface area contributed by atoms with Crippen molar-refractivity contribution in [3.63, 3.8) is 0 Å². The lowest BCUT2D eigenvalue weighted by Crippen LogP contribution is -2.36. The van der Waals surface area contributed by atoms with Gasteiger partial charge in [-0.05, 0) is 6.07 Å². The molecule has 0 amide bonds. The van der Waals surface area contributed by atoms with Crippen molar-refractivity contribution in [2.75, 3.05) is 10.8 Å². The fourth-order valence-electron chi connectivity index (χ4n) is 2.47. The minimum Gasteiger partial charge on any atom is -0.504 e. The Kier molecular flexibility index (Phi) is 3.86. The number of aliphatic hydroxyl groups is 1. The molecule has 0 saturated heterocycles. The summed E-state index contributed by atoms with van der Waals surface area (Å²) in [6.07, 6.45) is 7.76. The number of rotatable bonds is 3. The van der Waals surface area contributed by atoms with Gasteiger partial charge >= 0.3 is 0 Å².